The van der Waals surface area contributed by atoms with E-state index in [4.69, 9.17) is 0 Å². The fourth-order valence-corrected chi connectivity index (χ4v) is 1.89. The Morgan fingerprint density at radius 1 is 1.20 bits per heavy atom. The van der Waals surface area contributed by atoms with E-state index in [1.165, 1.54) is 11.1 Å². The number of hydrogen-bond acceptors (Lipinski definition) is 2. The molecule has 0 atom stereocenters. The predicted molar refractivity (Wildman–Crippen MR) is 64.7 cm³/mol. The predicted octanol–water partition coefficient (Wildman–Crippen LogP) is 1.73. The largest absolute Gasteiger partial charge is 0.314 e. The average Bonchev–Trinajstić information content (AvgIpc) is 2.31. The zero-order chi connectivity index (χ0) is 10.5. The fraction of sp³-hybridized carbons (Fsp3) is 0.385. The van der Waals surface area contributed by atoms with Gasteiger partial charge in [-0.2, -0.15) is 0 Å². The highest BCUT2D eigenvalue weighted by Crippen LogP contribution is 2.08. The molecule has 0 aliphatic carbocycles. The van der Waals surface area contributed by atoms with Crippen molar-refractivity contribution in [3.05, 3.63) is 42.0 Å². The lowest BCUT2D eigenvalue weighted by molar-refractivity contribution is 0.233. The number of nitrogens with zero attached hydrogens (tertiary/aromatic N) is 1. The monoisotopic (exact) mass is 202 g/mol. The molecule has 2 heteroatoms. The van der Waals surface area contributed by atoms with Crippen LogP contribution in [0.15, 0.2) is 30.8 Å². The van der Waals surface area contributed by atoms with E-state index in [-0.39, 0.29) is 0 Å². The first-order valence-electron chi connectivity index (χ1n) is 5.53. The van der Waals surface area contributed by atoms with Gasteiger partial charge in [-0.3, -0.25) is 4.90 Å². The zero-order valence-corrected chi connectivity index (χ0v) is 9.08. The van der Waals surface area contributed by atoms with Crippen LogP contribution in [0.2, 0.25) is 0 Å². The Balaban J connectivity index is 1.94. The van der Waals surface area contributed by atoms with Crippen molar-refractivity contribution in [3.63, 3.8) is 0 Å². The number of benzene rings is 1. The molecule has 1 aliphatic heterocycles. The van der Waals surface area contributed by atoms with Gasteiger partial charge < -0.3 is 5.32 Å². The summed E-state index contributed by atoms with van der Waals surface area (Å²) in [5.41, 5.74) is 2.58. The summed E-state index contributed by atoms with van der Waals surface area (Å²) >= 11 is 0. The van der Waals surface area contributed by atoms with Crippen molar-refractivity contribution < 1.29 is 0 Å². The Morgan fingerprint density at radius 2 is 1.87 bits per heavy atom. The van der Waals surface area contributed by atoms with Gasteiger partial charge in [-0.25, -0.2) is 0 Å². The quantitative estimate of drug-likeness (QED) is 0.803. The van der Waals surface area contributed by atoms with Gasteiger partial charge in [0, 0.05) is 32.7 Å². The minimum atomic E-state index is 1.07. The second-order valence-corrected chi connectivity index (χ2v) is 3.97. The number of nitrogens with one attached hydrogen (secondary N) is 1. The van der Waals surface area contributed by atoms with E-state index in [9.17, 15) is 0 Å². The highest BCUT2D eigenvalue weighted by Gasteiger charge is 2.09. The van der Waals surface area contributed by atoms with Gasteiger partial charge in [-0.1, -0.05) is 36.9 Å². The van der Waals surface area contributed by atoms with Crippen LogP contribution in [0, 0.1) is 0 Å². The lowest BCUT2D eigenvalue weighted by atomic mass is 10.1. The SMILES string of the molecule is C=Cc1ccc(CN2CCNCC2)cc1. The van der Waals surface area contributed by atoms with Gasteiger partial charge in [0.15, 0.2) is 0 Å². The van der Waals surface area contributed by atoms with Crippen molar-refractivity contribution >= 4 is 6.08 Å². The zero-order valence-electron chi connectivity index (χ0n) is 9.08. The molecular weight excluding hydrogens is 184 g/mol. The molecule has 0 amide bonds. The smallest absolute Gasteiger partial charge is 0.0234 e. The van der Waals surface area contributed by atoms with Crippen LogP contribution in [0.25, 0.3) is 6.08 Å². The van der Waals surface area contributed by atoms with E-state index >= 15 is 0 Å². The van der Waals surface area contributed by atoms with Gasteiger partial charge in [0.05, 0.1) is 0 Å². The van der Waals surface area contributed by atoms with Crippen LogP contribution >= 0.6 is 0 Å². The van der Waals surface area contributed by atoms with Gasteiger partial charge in [0.2, 0.25) is 0 Å². The first-order chi connectivity index (χ1) is 7.38. The van der Waals surface area contributed by atoms with Crippen LogP contribution in [-0.2, 0) is 6.54 Å². The van der Waals surface area contributed by atoms with Gasteiger partial charge in [0.25, 0.3) is 0 Å². The normalized spacial score (nSPS) is 17.6. The molecule has 1 aromatic carbocycles. The summed E-state index contributed by atoms with van der Waals surface area (Å²) in [6.45, 7) is 9.37. The van der Waals surface area contributed by atoms with Crippen LogP contribution in [0.4, 0.5) is 0 Å². The summed E-state index contributed by atoms with van der Waals surface area (Å²) in [7, 11) is 0. The van der Waals surface area contributed by atoms with E-state index in [1.807, 2.05) is 6.08 Å². The second-order valence-electron chi connectivity index (χ2n) is 3.97. The molecule has 15 heavy (non-hydrogen) atoms. The Bertz CT molecular complexity index is 310. The first-order valence-corrected chi connectivity index (χ1v) is 5.53. The van der Waals surface area contributed by atoms with Crippen LogP contribution in [0.5, 0.6) is 0 Å². The number of rotatable bonds is 3. The molecule has 1 saturated heterocycles. The van der Waals surface area contributed by atoms with Crippen LogP contribution in [0.3, 0.4) is 0 Å². The third kappa shape index (κ3) is 2.91. The summed E-state index contributed by atoms with van der Waals surface area (Å²) in [6.07, 6.45) is 1.88. The van der Waals surface area contributed by atoms with E-state index in [1.54, 1.807) is 0 Å². The second kappa shape index (κ2) is 5.10. The molecule has 0 unspecified atom stereocenters. The molecule has 1 heterocycles. The van der Waals surface area contributed by atoms with Crippen LogP contribution in [-0.4, -0.2) is 31.1 Å². The van der Waals surface area contributed by atoms with Crippen molar-refractivity contribution in [2.75, 3.05) is 26.2 Å². The molecule has 0 aromatic heterocycles. The highest BCUT2D eigenvalue weighted by molar-refractivity contribution is 5.47. The van der Waals surface area contributed by atoms with Crippen LogP contribution < -0.4 is 5.32 Å². The Hall–Kier alpha value is -1.12. The summed E-state index contributed by atoms with van der Waals surface area (Å²) in [4.78, 5) is 2.49. The Morgan fingerprint density at radius 3 is 2.47 bits per heavy atom. The molecule has 2 rings (SSSR count). The third-order valence-electron chi connectivity index (χ3n) is 2.83. The topological polar surface area (TPSA) is 15.3 Å². The Kier molecular flexibility index (Phi) is 3.54. The molecule has 0 radical (unpaired) electrons. The molecule has 1 aliphatic rings. The van der Waals surface area contributed by atoms with Crippen molar-refractivity contribution in [1.82, 2.24) is 10.2 Å². The summed E-state index contributed by atoms with van der Waals surface area (Å²) in [5.74, 6) is 0. The molecule has 1 fully saturated rings. The summed E-state index contributed by atoms with van der Waals surface area (Å²) in [6, 6.07) is 8.65. The first kappa shape index (κ1) is 10.4. The molecule has 1 N–H and O–H groups in total. The molecule has 80 valence electrons. The fourth-order valence-electron chi connectivity index (χ4n) is 1.89. The van der Waals surface area contributed by atoms with Gasteiger partial charge in [-0.05, 0) is 11.1 Å². The minimum absolute atomic E-state index is 1.07. The van der Waals surface area contributed by atoms with Crippen molar-refractivity contribution in [3.8, 4) is 0 Å². The van der Waals surface area contributed by atoms with Crippen molar-refractivity contribution in [1.29, 1.82) is 0 Å². The van der Waals surface area contributed by atoms with Gasteiger partial charge in [-0.15, -0.1) is 0 Å². The number of piperazine rings is 1. The van der Waals surface area contributed by atoms with E-state index < -0.39 is 0 Å². The average molecular weight is 202 g/mol. The summed E-state index contributed by atoms with van der Waals surface area (Å²) < 4.78 is 0. The van der Waals surface area contributed by atoms with E-state index in [2.05, 4.69) is 41.1 Å². The Labute approximate surface area is 91.6 Å². The summed E-state index contributed by atoms with van der Waals surface area (Å²) in [5, 5.41) is 3.36. The van der Waals surface area contributed by atoms with Gasteiger partial charge in [0.1, 0.15) is 0 Å². The van der Waals surface area contributed by atoms with Crippen LogP contribution in [0.1, 0.15) is 11.1 Å². The number of hydrogen-bond donors (Lipinski definition) is 1. The van der Waals surface area contributed by atoms with Crippen molar-refractivity contribution in [2.24, 2.45) is 0 Å². The maximum absolute atomic E-state index is 3.76. The standard InChI is InChI=1S/C13H18N2/c1-2-12-3-5-13(6-4-12)11-15-9-7-14-8-10-15/h2-6,14H,1,7-11H2. The maximum Gasteiger partial charge on any atom is 0.0234 e. The lowest BCUT2D eigenvalue weighted by Crippen LogP contribution is -2.42. The van der Waals surface area contributed by atoms with Gasteiger partial charge >= 0.3 is 0 Å². The van der Waals surface area contributed by atoms with Crippen molar-refractivity contribution in [2.45, 2.75) is 6.54 Å². The molecule has 0 saturated carbocycles. The maximum atomic E-state index is 3.76. The minimum Gasteiger partial charge on any atom is -0.314 e. The third-order valence-corrected chi connectivity index (χ3v) is 2.83. The highest BCUT2D eigenvalue weighted by atomic mass is 15.2. The van der Waals surface area contributed by atoms with E-state index in [0.717, 1.165) is 32.7 Å². The molecule has 2 nitrogen and oxygen atoms in total. The molecule has 1 aromatic rings. The molecule has 0 spiro atoms. The van der Waals surface area contributed by atoms with E-state index in [0.29, 0.717) is 0 Å². The lowest BCUT2D eigenvalue weighted by Gasteiger charge is -2.27. The molecular formula is C13H18N2. The molecule has 0 bridgehead atoms.